The molecule has 3 rings (SSSR count). The summed E-state index contributed by atoms with van der Waals surface area (Å²) in [5, 5.41) is 15.0. The van der Waals surface area contributed by atoms with E-state index in [2.05, 4.69) is 22.4 Å². The van der Waals surface area contributed by atoms with Crippen molar-refractivity contribution in [3.05, 3.63) is 69.8 Å². The van der Waals surface area contributed by atoms with E-state index in [1.807, 2.05) is 6.07 Å². The smallest absolute Gasteiger partial charge is 0.345 e. The first-order valence-corrected chi connectivity index (χ1v) is 10.0. The molecule has 1 aromatic carbocycles. The van der Waals surface area contributed by atoms with Crippen LogP contribution in [-0.2, 0) is 6.42 Å². The number of pyridine rings is 1. The zero-order valence-corrected chi connectivity index (χ0v) is 17.1. The van der Waals surface area contributed by atoms with Crippen molar-refractivity contribution in [3.8, 4) is 5.75 Å². The van der Waals surface area contributed by atoms with Crippen molar-refractivity contribution in [2.24, 2.45) is 5.10 Å². The van der Waals surface area contributed by atoms with Gasteiger partial charge in [-0.2, -0.15) is 5.10 Å². The number of aromatic nitrogens is 1. The fourth-order valence-corrected chi connectivity index (χ4v) is 3.16. The summed E-state index contributed by atoms with van der Waals surface area (Å²) in [6.45, 7) is 3.78. The number of fused-ring (bicyclic) bond motifs is 1. The molecule has 7 nitrogen and oxygen atoms in total. The Labute approximate surface area is 174 Å². The molecule has 0 atom stereocenters. The topological polar surface area (TPSA) is 105 Å². The van der Waals surface area contributed by atoms with Gasteiger partial charge in [-0.1, -0.05) is 26.2 Å². The molecular formula is C23H25N3O4. The molecule has 1 amide bonds. The van der Waals surface area contributed by atoms with Crippen molar-refractivity contribution in [1.29, 1.82) is 0 Å². The van der Waals surface area contributed by atoms with Crippen molar-refractivity contribution in [2.45, 2.75) is 46.0 Å². The number of benzene rings is 1. The van der Waals surface area contributed by atoms with E-state index in [0.29, 0.717) is 22.2 Å². The Morgan fingerprint density at radius 2 is 1.93 bits per heavy atom. The number of carbonyl (C=O) groups is 1. The lowest BCUT2D eigenvalue weighted by Gasteiger charge is -2.08. The Kier molecular flexibility index (Phi) is 6.95. The van der Waals surface area contributed by atoms with Crippen LogP contribution in [0.1, 0.15) is 61.0 Å². The Balaban J connectivity index is 1.84. The third kappa shape index (κ3) is 5.11. The van der Waals surface area contributed by atoms with E-state index in [0.717, 1.165) is 37.7 Å². The number of nitrogens with zero attached hydrogens (tertiary/aromatic N) is 2. The summed E-state index contributed by atoms with van der Waals surface area (Å²) in [5.41, 5.74) is 3.97. The van der Waals surface area contributed by atoms with Gasteiger partial charge in [-0.25, -0.2) is 10.2 Å². The van der Waals surface area contributed by atoms with Gasteiger partial charge in [0.1, 0.15) is 11.3 Å². The van der Waals surface area contributed by atoms with E-state index >= 15 is 0 Å². The van der Waals surface area contributed by atoms with Crippen LogP contribution in [-0.4, -0.2) is 21.7 Å². The highest BCUT2D eigenvalue weighted by Crippen LogP contribution is 2.26. The molecule has 7 heteroatoms. The number of rotatable bonds is 8. The Morgan fingerprint density at radius 3 is 2.67 bits per heavy atom. The van der Waals surface area contributed by atoms with Crippen LogP contribution in [0.2, 0.25) is 0 Å². The third-order valence-corrected chi connectivity index (χ3v) is 4.89. The van der Waals surface area contributed by atoms with Gasteiger partial charge in [0.05, 0.1) is 11.3 Å². The molecule has 0 aliphatic rings. The molecule has 0 bridgehead atoms. The van der Waals surface area contributed by atoms with Gasteiger partial charge in [0.2, 0.25) is 0 Å². The number of carbonyl (C=O) groups excluding carboxylic acids is 1. The zero-order valence-electron chi connectivity index (χ0n) is 17.1. The van der Waals surface area contributed by atoms with E-state index in [1.54, 1.807) is 25.1 Å². The normalized spacial score (nSPS) is 11.6. The highest BCUT2D eigenvalue weighted by molar-refractivity contribution is 6.02. The molecular weight excluding hydrogens is 382 g/mol. The van der Waals surface area contributed by atoms with Crippen LogP contribution in [0.4, 0.5) is 0 Å². The number of hydrogen-bond donors (Lipinski definition) is 2. The fraction of sp³-hybridized carbons (Fsp3) is 0.304. The molecule has 0 saturated carbocycles. The first kappa shape index (κ1) is 21.2. The molecule has 0 aliphatic carbocycles. The average Bonchev–Trinajstić information content (AvgIpc) is 2.75. The molecule has 3 aromatic rings. The van der Waals surface area contributed by atoms with E-state index in [-0.39, 0.29) is 11.3 Å². The van der Waals surface area contributed by atoms with Crippen LogP contribution in [0.3, 0.4) is 0 Å². The summed E-state index contributed by atoms with van der Waals surface area (Å²) < 4.78 is 5.37. The lowest BCUT2D eigenvalue weighted by molar-refractivity contribution is 0.0954. The maximum Gasteiger partial charge on any atom is 0.345 e. The molecule has 0 fully saturated rings. The van der Waals surface area contributed by atoms with Crippen LogP contribution < -0.4 is 11.1 Å². The van der Waals surface area contributed by atoms with Gasteiger partial charge in [-0.3, -0.25) is 9.78 Å². The summed E-state index contributed by atoms with van der Waals surface area (Å²) in [7, 11) is 0. The van der Waals surface area contributed by atoms with Crippen molar-refractivity contribution in [2.75, 3.05) is 0 Å². The highest BCUT2D eigenvalue weighted by atomic mass is 16.4. The monoisotopic (exact) mass is 407 g/mol. The first-order valence-electron chi connectivity index (χ1n) is 10.0. The Bertz CT molecular complexity index is 1120. The van der Waals surface area contributed by atoms with E-state index in [1.165, 1.54) is 18.5 Å². The number of phenolic OH excluding ortho intramolecular Hbond substituents is 1. The van der Waals surface area contributed by atoms with Crippen molar-refractivity contribution in [3.63, 3.8) is 0 Å². The molecule has 0 saturated heterocycles. The van der Waals surface area contributed by atoms with E-state index < -0.39 is 11.5 Å². The Hall–Kier alpha value is -3.48. The molecule has 2 heterocycles. The highest BCUT2D eigenvalue weighted by Gasteiger charge is 2.12. The number of amides is 1. The molecule has 0 aliphatic heterocycles. The first-order chi connectivity index (χ1) is 14.5. The molecule has 156 valence electrons. The predicted molar refractivity (Wildman–Crippen MR) is 116 cm³/mol. The number of aryl methyl sites for hydroxylation is 1. The fourth-order valence-electron chi connectivity index (χ4n) is 3.16. The lowest BCUT2D eigenvalue weighted by Crippen LogP contribution is -2.21. The van der Waals surface area contributed by atoms with Gasteiger partial charge < -0.3 is 9.52 Å². The Morgan fingerprint density at radius 1 is 1.17 bits per heavy atom. The second kappa shape index (κ2) is 9.82. The summed E-state index contributed by atoms with van der Waals surface area (Å²) in [4.78, 5) is 28.4. The second-order valence-electron chi connectivity index (χ2n) is 7.15. The standard InChI is InChI=1S/C23H25N3O4/c1-3-4-5-6-7-17-12-18-13-19(23(29)30-21(18)14-20(17)27)15(2)25-26-22(28)16-8-10-24-11-9-16/h8-14,27H,3-7H2,1-2H3,(H,26,28)/b25-15-. The van der Waals surface area contributed by atoms with Gasteiger partial charge >= 0.3 is 5.63 Å². The minimum atomic E-state index is -0.586. The van der Waals surface area contributed by atoms with Gasteiger partial charge in [0.25, 0.3) is 5.91 Å². The molecule has 0 spiro atoms. The maximum absolute atomic E-state index is 12.4. The van der Waals surface area contributed by atoms with Gasteiger partial charge in [-0.05, 0) is 49.6 Å². The minimum Gasteiger partial charge on any atom is -0.508 e. The zero-order chi connectivity index (χ0) is 21.5. The van der Waals surface area contributed by atoms with Crippen molar-refractivity contribution >= 4 is 22.6 Å². The summed E-state index contributed by atoms with van der Waals surface area (Å²) >= 11 is 0. The SMILES string of the molecule is CCCCCCc1cc2cc(/C(C)=N\NC(=O)c3ccncc3)c(=O)oc2cc1O. The number of phenols is 1. The van der Waals surface area contributed by atoms with Crippen LogP contribution >= 0.6 is 0 Å². The molecule has 2 aromatic heterocycles. The van der Waals surface area contributed by atoms with Crippen LogP contribution in [0.25, 0.3) is 11.0 Å². The molecule has 2 N–H and O–H groups in total. The number of unbranched alkanes of at least 4 members (excludes halogenated alkanes) is 3. The molecule has 0 unspecified atom stereocenters. The number of hydrazone groups is 1. The van der Waals surface area contributed by atoms with Crippen LogP contribution in [0.5, 0.6) is 5.75 Å². The number of aromatic hydroxyl groups is 1. The summed E-state index contributed by atoms with van der Waals surface area (Å²) in [6.07, 6.45) is 8.18. The number of nitrogens with one attached hydrogen (secondary N) is 1. The second-order valence-corrected chi connectivity index (χ2v) is 7.15. The third-order valence-electron chi connectivity index (χ3n) is 4.89. The number of hydrogen-bond acceptors (Lipinski definition) is 6. The largest absolute Gasteiger partial charge is 0.508 e. The predicted octanol–water partition coefficient (Wildman–Crippen LogP) is 4.17. The summed E-state index contributed by atoms with van der Waals surface area (Å²) in [5.74, 6) is -0.272. The average molecular weight is 407 g/mol. The van der Waals surface area contributed by atoms with Gasteiger partial charge in [0, 0.05) is 29.4 Å². The maximum atomic E-state index is 12.4. The van der Waals surface area contributed by atoms with Crippen LogP contribution in [0.15, 0.2) is 57.0 Å². The van der Waals surface area contributed by atoms with Crippen molar-refractivity contribution < 1.29 is 14.3 Å². The van der Waals surface area contributed by atoms with Gasteiger partial charge in [-0.15, -0.1) is 0 Å². The summed E-state index contributed by atoms with van der Waals surface area (Å²) in [6, 6.07) is 8.13. The minimum absolute atomic E-state index is 0.130. The molecule has 0 radical (unpaired) electrons. The van der Waals surface area contributed by atoms with Crippen molar-refractivity contribution in [1.82, 2.24) is 10.4 Å². The molecule has 30 heavy (non-hydrogen) atoms. The quantitative estimate of drug-likeness (QED) is 0.252. The van der Waals surface area contributed by atoms with Crippen LogP contribution in [0, 0.1) is 0 Å². The van der Waals surface area contributed by atoms with E-state index in [9.17, 15) is 14.7 Å². The lowest BCUT2D eigenvalue weighted by atomic mass is 10.0. The van der Waals surface area contributed by atoms with E-state index in [4.69, 9.17) is 4.42 Å². The van der Waals surface area contributed by atoms with Gasteiger partial charge in [0.15, 0.2) is 0 Å².